The van der Waals surface area contributed by atoms with Crippen LogP contribution in [0.4, 0.5) is 0 Å². The van der Waals surface area contributed by atoms with Crippen molar-refractivity contribution in [2.45, 2.75) is 12.5 Å². The molecule has 1 saturated heterocycles. The molecule has 0 saturated carbocycles. The average Bonchev–Trinajstić information content (AvgIpc) is 2.14. The Labute approximate surface area is 57.1 Å². The number of rotatable bonds is 1. The fourth-order valence-electron chi connectivity index (χ4n) is 0.621. The molecule has 1 fully saturated rings. The van der Waals surface area contributed by atoms with E-state index >= 15 is 0 Å². The Balaban J connectivity index is 2.14. The monoisotopic (exact) mass is 213 g/mol. The second-order valence-corrected chi connectivity index (χ2v) is 2.29. The predicted octanol–water partition coefficient (Wildman–Crippen LogP) is 0.715. The second-order valence-electron chi connectivity index (χ2n) is 1.67. The molecule has 1 rings (SSSR count). The van der Waals surface area contributed by atoms with E-state index in [9.17, 15) is 0 Å². The summed E-state index contributed by atoms with van der Waals surface area (Å²) < 4.78 is 8.19. The van der Waals surface area contributed by atoms with Gasteiger partial charge in [-0.25, -0.2) is 0 Å². The van der Waals surface area contributed by atoms with E-state index < -0.39 is 0 Å². The highest BCUT2D eigenvalue weighted by atomic mass is 127. The Morgan fingerprint density at radius 3 is 2.86 bits per heavy atom. The maximum atomic E-state index is 5.08. The molecule has 0 aliphatic carbocycles. The molecule has 7 heavy (non-hydrogen) atoms. The summed E-state index contributed by atoms with van der Waals surface area (Å²) in [7, 11) is 0. The largest absolute Gasteiger partial charge is 0.380 e. The lowest BCUT2D eigenvalue weighted by atomic mass is 10.3. The smallest absolute Gasteiger partial charge is 0.0628 e. The van der Waals surface area contributed by atoms with E-state index in [1.54, 1.807) is 0 Å². The molecule has 0 bridgehead atoms. The van der Waals surface area contributed by atoms with Crippen LogP contribution in [-0.2, 0) is 4.74 Å². The van der Waals surface area contributed by atoms with Crippen molar-refractivity contribution in [2.75, 3.05) is 13.2 Å². The molecule has 0 aromatic carbocycles. The first-order valence-corrected chi connectivity index (χ1v) is 3.45. The van der Waals surface area contributed by atoms with Crippen LogP contribution in [0.2, 0.25) is 0 Å². The van der Waals surface area contributed by atoms with Gasteiger partial charge in [0.25, 0.3) is 0 Å². The Morgan fingerprint density at radius 2 is 2.57 bits per heavy atom. The van der Waals surface area contributed by atoms with Gasteiger partial charge in [-0.2, -0.15) is 0 Å². The van der Waals surface area contributed by atoms with Crippen LogP contribution in [0.3, 0.4) is 0 Å². The van der Waals surface area contributed by atoms with Crippen molar-refractivity contribution >= 4 is 22.9 Å². The molecule has 1 heterocycles. The molecule has 0 amide bonds. The number of hydrogen-bond acceptors (Lipinski definition) is 2. The zero-order valence-corrected chi connectivity index (χ0v) is 6.14. The van der Waals surface area contributed by atoms with E-state index in [1.807, 2.05) is 0 Å². The summed E-state index contributed by atoms with van der Waals surface area (Å²) in [4.78, 5) is 0. The third kappa shape index (κ3) is 1.54. The van der Waals surface area contributed by atoms with Crippen molar-refractivity contribution in [3.63, 3.8) is 0 Å². The summed E-state index contributed by atoms with van der Waals surface area (Å²) in [5, 5.41) is 0. The molecule has 1 N–H and O–H groups in total. The average molecular weight is 213 g/mol. The quantitative estimate of drug-likeness (QED) is 0.511. The highest BCUT2D eigenvalue weighted by molar-refractivity contribution is 14.1. The Kier molecular flexibility index (Phi) is 2.34. The maximum Gasteiger partial charge on any atom is 0.0628 e. The third-order valence-corrected chi connectivity index (χ3v) is 1.96. The Hall–Kier alpha value is 0.650. The van der Waals surface area contributed by atoms with Crippen LogP contribution in [0.15, 0.2) is 0 Å². The molecule has 0 spiro atoms. The number of ether oxygens (including phenoxy) is 1. The first kappa shape index (κ1) is 5.78. The SMILES string of the molecule is INC1CCOC1. The zero-order valence-electron chi connectivity index (χ0n) is 3.98. The normalized spacial score (nSPS) is 31.3. The Morgan fingerprint density at radius 1 is 1.71 bits per heavy atom. The molecular formula is C4H8INO. The summed E-state index contributed by atoms with van der Waals surface area (Å²) in [5.74, 6) is 0. The fourth-order valence-corrected chi connectivity index (χ4v) is 1.11. The molecule has 0 aromatic heterocycles. The molecule has 42 valence electrons. The molecule has 0 aromatic rings. The van der Waals surface area contributed by atoms with Crippen LogP contribution in [0.1, 0.15) is 6.42 Å². The molecule has 1 aliphatic heterocycles. The summed E-state index contributed by atoms with van der Waals surface area (Å²) in [6.07, 6.45) is 1.17. The van der Waals surface area contributed by atoms with Gasteiger partial charge in [-0.3, -0.25) is 3.53 Å². The minimum Gasteiger partial charge on any atom is -0.380 e. The third-order valence-electron chi connectivity index (χ3n) is 1.08. The summed E-state index contributed by atoms with van der Waals surface area (Å²) in [6, 6.07) is 0.612. The summed E-state index contributed by atoms with van der Waals surface area (Å²) >= 11 is 2.16. The first-order chi connectivity index (χ1) is 3.43. The van der Waals surface area contributed by atoms with E-state index in [2.05, 4.69) is 26.4 Å². The van der Waals surface area contributed by atoms with Gasteiger partial charge in [0.05, 0.1) is 6.61 Å². The van der Waals surface area contributed by atoms with Gasteiger partial charge in [0.2, 0.25) is 0 Å². The zero-order chi connectivity index (χ0) is 5.11. The molecule has 0 radical (unpaired) electrons. The molecule has 1 atom stereocenters. The van der Waals surface area contributed by atoms with Gasteiger partial charge in [-0.15, -0.1) is 0 Å². The maximum absolute atomic E-state index is 5.08. The van der Waals surface area contributed by atoms with Crippen LogP contribution < -0.4 is 3.53 Å². The van der Waals surface area contributed by atoms with Gasteiger partial charge in [0.15, 0.2) is 0 Å². The van der Waals surface area contributed by atoms with Crippen molar-refractivity contribution in [1.29, 1.82) is 0 Å². The van der Waals surface area contributed by atoms with Crippen molar-refractivity contribution in [3.8, 4) is 0 Å². The fraction of sp³-hybridized carbons (Fsp3) is 1.00. The van der Waals surface area contributed by atoms with E-state index in [0.29, 0.717) is 6.04 Å². The van der Waals surface area contributed by atoms with Gasteiger partial charge in [0, 0.05) is 35.5 Å². The van der Waals surface area contributed by atoms with Crippen molar-refractivity contribution in [3.05, 3.63) is 0 Å². The second kappa shape index (κ2) is 2.84. The number of nitrogens with one attached hydrogen (secondary N) is 1. The first-order valence-electron chi connectivity index (χ1n) is 2.37. The molecular weight excluding hydrogens is 205 g/mol. The van der Waals surface area contributed by atoms with Gasteiger partial charge in [-0.1, -0.05) is 0 Å². The van der Waals surface area contributed by atoms with Crippen molar-refractivity contribution in [2.24, 2.45) is 0 Å². The number of hydrogen-bond donors (Lipinski definition) is 1. The lowest BCUT2D eigenvalue weighted by Crippen LogP contribution is -2.18. The number of halogens is 1. The van der Waals surface area contributed by atoms with E-state index in [1.165, 1.54) is 6.42 Å². The highest BCUT2D eigenvalue weighted by Gasteiger charge is 2.12. The molecule has 2 nitrogen and oxygen atoms in total. The van der Waals surface area contributed by atoms with E-state index in [-0.39, 0.29) is 0 Å². The van der Waals surface area contributed by atoms with Crippen LogP contribution in [-0.4, -0.2) is 19.3 Å². The van der Waals surface area contributed by atoms with Crippen LogP contribution in [0, 0.1) is 0 Å². The summed E-state index contributed by atoms with van der Waals surface area (Å²) in [5.41, 5.74) is 0. The lowest BCUT2D eigenvalue weighted by Gasteiger charge is -1.98. The summed E-state index contributed by atoms with van der Waals surface area (Å²) in [6.45, 7) is 1.82. The van der Waals surface area contributed by atoms with Gasteiger partial charge >= 0.3 is 0 Å². The van der Waals surface area contributed by atoms with Gasteiger partial charge in [-0.05, 0) is 6.42 Å². The lowest BCUT2D eigenvalue weighted by molar-refractivity contribution is 0.193. The minimum atomic E-state index is 0.612. The van der Waals surface area contributed by atoms with Crippen LogP contribution >= 0.6 is 22.9 Å². The molecule has 3 heteroatoms. The Bertz CT molecular complexity index is 53.7. The van der Waals surface area contributed by atoms with Gasteiger partial charge in [0.1, 0.15) is 0 Å². The van der Waals surface area contributed by atoms with Gasteiger partial charge < -0.3 is 4.74 Å². The standard InChI is InChI=1S/C4H8INO/c5-6-4-1-2-7-3-4/h4,6H,1-3H2. The van der Waals surface area contributed by atoms with Crippen molar-refractivity contribution in [1.82, 2.24) is 3.53 Å². The minimum absolute atomic E-state index is 0.612. The highest BCUT2D eigenvalue weighted by Crippen LogP contribution is 2.03. The van der Waals surface area contributed by atoms with E-state index in [4.69, 9.17) is 4.74 Å². The topological polar surface area (TPSA) is 21.3 Å². The van der Waals surface area contributed by atoms with E-state index in [0.717, 1.165) is 13.2 Å². The molecule has 1 aliphatic rings. The molecule has 1 unspecified atom stereocenters. The van der Waals surface area contributed by atoms with Crippen molar-refractivity contribution < 1.29 is 4.74 Å². The van der Waals surface area contributed by atoms with Crippen LogP contribution in [0.25, 0.3) is 0 Å². The van der Waals surface area contributed by atoms with Crippen LogP contribution in [0.5, 0.6) is 0 Å². The predicted molar refractivity (Wildman–Crippen MR) is 36.4 cm³/mol.